The number of rotatable bonds is 3. The molecule has 0 amide bonds. The highest BCUT2D eigenvalue weighted by molar-refractivity contribution is 7.80. The van der Waals surface area contributed by atoms with Crippen molar-refractivity contribution < 1.29 is 14.3 Å². The lowest BCUT2D eigenvalue weighted by Crippen LogP contribution is -2.69. The zero-order valence-electron chi connectivity index (χ0n) is 17.8. The normalized spacial score (nSPS) is 25.9. The summed E-state index contributed by atoms with van der Waals surface area (Å²) in [7, 11) is 0. The molecule has 5 nitrogen and oxygen atoms in total. The molecular weight excluding hydrogens is 467 g/mol. The van der Waals surface area contributed by atoms with Gasteiger partial charge in [0.1, 0.15) is 5.75 Å². The summed E-state index contributed by atoms with van der Waals surface area (Å²) in [6, 6.07) is 11.4. The van der Waals surface area contributed by atoms with Crippen LogP contribution in [0.1, 0.15) is 56.6 Å². The zero-order chi connectivity index (χ0) is 22.7. The summed E-state index contributed by atoms with van der Waals surface area (Å²) in [6.07, 6.45) is 3.00. The first-order valence-corrected chi connectivity index (χ1v) is 11.9. The molecule has 2 unspecified atom stereocenters. The molecule has 8 heteroatoms. The van der Waals surface area contributed by atoms with E-state index in [0.29, 0.717) is 39.5 Å². The average molecular weight is 491 g/mol. The van der Waals surface area contributed by atoms with Gasteiger partial charge in [0, 0.05) is 41.0 Å². The van der Waals surface area contributed by atoms with Gasteiger partial charge in [-0.15, -0.1) is 0 Å². The summed E-state index contributed by atoms with van der Waals surface area (Å²) in [6.45, 7) is 4.19. The summed E-state index contributed by atoms with van der Waals surface area (Å²) in [5.41, 5.74) is 0.886. The van der Waals surface area contributed by atoms with Gasteiger partial charge >= 0.3 is 5.97 Å². The highest BCUT2D eigenvalue weighted by atomic mass is 35.5. The van der Waals surface area contributed by atoms with Crippen LogP contribution in [0.2, 0.25) is 10.0 Å². The molecule has 5 rings (SSSR count). The van der Waals surface area contributed by atoms with Crippen LogP contribution in [0.4, 0.5) is 0 Å². The van der Waals surface area contributed by atoms with Gasteiger partial charge in [-0.3, -0.25) is 4.79 Å². The first-order valence-electron chi connectivity index (χ1n) is 10.7. The number of ether oxygens (including phenoxy) is 2. The minimum Gasteiger partial charge on any atom is -0.468 e. The number of carbonyl (C=O) groups is 1. The number of hydrogen-bond donors (Lipinski definition) is 2. The van der Waals surface area contributed by atoms with Crippen molar-refractivity contribution >= 4 is 46.5 Å². The molecule has 2 heterocycles. The van der Waals surface area contributed by atoms with E-state index in [2.05, 4.69) is 24.5 Å². The molecule has 1 aliphatic carbocycles. The maximum atomic E-state index is 12.3. The predicted molar refractivity (Wildman–Crippen MR) is 129 cm³/mol. The standard InChI is InChI=1S/C24H24Cl2N2O3S/c1-23(2)12-24(28-22(32)27-23)11-16(14-5-3-4-6-17(14)25)15-9-18(26)20(10-19(15)31-24)30-21(29)13-7-8-13/h3-6,9-10,13,16H,7-8,11-12H2,1-2H3,(H2,27,28,32). The van der Waals surface area contributed by atoms with Gasteiger partial charge in [0.05, 0.1) is 10.9 Å². The van der Waals surface area contributed by atoms with E-state index in [1.54, 1.807) is 6.07 Å². The molecule has 2 fully saturated rings. The van der Waals surface area contributed by atoms with Crippen LogP contribution in [0.15, 0.2) is 36.4 Å². The van der Waals surface area contributed by atoms with Crippen LogP contribution in [-0.2, 0) is 4.79 Å². The number of halogens is 2. The Labute approximate surface area is 202 Å². The largest absolute Gasteiger partial charge is 0.468 e. The summed E-state index contributed by atoms with van der Waals surface area (Å²) in [4.78, 5) is 12.3. The van der Waals surface area contributed by atoms with E-state index in [1.165, 1.54) is 0 Å². The van der Waals surface area contributed by atoms with Crippen LogP contribution in [0, 0.1) is 5.92 Å². The van der Waals surface area contributed by atoms with E-state index in [-0.39, 0.29) is 23.3 Å². The van der Waals surface area contributed by atoms with Gasteiger partial charge in [-0.05, 0) is 56.6 Å². The second-order valence-electron chi connectivity index (χ2n) is 9.53. The lowest BCUT2D eigenvalue weighted by molar-refractivity contribution is -0.135. The molecule has 2 atom stereocenters. The van der Waals surface area contributed by atoms with E-state index in [1.807, 2.05) is 30.3 Å². The fraction of sp³-hybridized carbons (Fsp3) is 0.417. The quantitative estimate of drug-likeness (QED) is 0.333. The first-order chi connectivity index (χ1) is 15.1. The van der Waals surface area contributed by atoms with Crippen LogP contribution in [0.3, 0.4) is 0 Å². The van der Waals surface area contributed by atoms with Crippen LogP contribution in [-0.4, -0.2) is 22.3 Å². The van der Waals surface area contributed by atoms with Crippen LogP contribution < -0.4 is 20.1 Å². The molecule has 1 saturated heterocycles. The van der Waals surface area contributed by atoms with Crippen molar-refractivity contribution in [1.29, 1.82) is 0 Å². The summed E-state index contributed by atoms with van der Waals surface area (Å²) in [5, 5.41) is 8.27. The second-order valence-corrected chi connectivity index (χ2v) is 10.8. The van der Waals surface area contributed by atoms with E-state index in [9.17, 15) is 4.79 Å². The molecule has 2 N–H and O–H groups in total. The molecule has 0 aromatic heterocycles. The topological polar surface area (TPSA) is 59.6 Å². The van der Waals surface area contributed by atoms with Crippen LogP contribution in [0.25, 0.3) is 0 Å². The number of nitrogens with one attached hydrogen (secondary N) is 2. The third kappa shape index (κ3) is 4.16. The number of hydrogen-bond acceptors (Lipinski definition) is 4. The molecule has 3 aliphatic rings. The average Bonchev–Trinajstić information content (AvgIpc) is 3.52. The molecule has 0 bridgehead atoms. The molecule has 168 valence electrons. The van der Waals surface area contributed by atoms with Crippen molar-refractivity contribution in [3.05, 3.63) is 57.6 Å². The molecule has 2 aromatic carbocycles. The lowest BCUT2D eigenvalue weighted by atomic mass is 9.77. The fourth-order valence-corrected chi connectivity index (χ4v) is 5.70. The van der Waals surface area contributed by atoms with Crippen LogP contribution >= 0.6 is 35.4 Å². The number of thiocarbonyl (C=S) groups is 1. The van der Waals surface area contributed by atoms with Crippen molar-refractivity contribution in [1.82, 2.24) is 10.6 Å². The number of carbonyl (C=O) groups excluding carboxylic acids is 1. The van der Waals surface area contributed by atoms with Gasteiger partial charge in [0.25, 0.3) is 0 Å². The third-order valence-corrected chi connectivity index (χ3v) is 7.05. The number of esters is 1. The number of fused-ring (bicyclic) bond motifs is 1. The zero-order valence-corrected chi connectivity index (χ0v) is 20.2. The van der Waals surface area contributed by atoms with Gasteiger partial charge in [-0.25, -0.2) is 0 Å². The van der Waals surface area contributed by atoms with Crippen molar-refractivity contribution in [3.8, 4) is 11.5 Å². The highest BCUT2D eigenvalue weighted by Crippen LogP contribution is 2.50. The van der Waals surface area contributed by atoms with E-state index >= 15 is 0 Å². The van der Waals surface area contributed by atoms with Gasteiger partial charge < -0.3 is 20.1 Å². The minimum absolute atomic E-state index is 0.0329. The Bertz CT molecular complexity index is 1120. The van der Waals surface area contributed by atoms with E-state index in [4.69, 9.17) is 44.9 Å². The Hall–Kier alpha value is -2.02. The van der Waals surface area contributed by atoms with Crippen molar-refractivity contribution in [3.63, 3.8) is 0 Å². The number of benzene rings is 2. The smallest absolute Gasteiger partial charge is 0.314 e. The van der Waals surface area contributed by atoms with Crippen molar-refractivity contribution in [2.75, 3.05) is 0 Å². The van der Waals surface area contributed by atoms with Gasteiger partial charge in [0.15, 0.2) is 16.6 Å². The molecule has 0 radical (unpaired) electrons. The highest BCUT2D eigenvalue weighted by Gasteiger charge is 2.49. The maximum Gasteiger partial charge on any atom is 0.314 e. The molecule has 2 aromatic rings. The molecule has 2 aliphatic heterocycles. The second kappa shape index (κ2) is 7.79. The van der Waals surface area contributed by atoms with Crippen molar-refractivity contribution in [2.45, 2.75) is 56.7 Å². The SMILES string of the molecule is CC1(C)CC2(CC(c3ccccc3Cl)c3cc(Cl)c(OC(=O)C4CC4)cc3O2)NC(=S)N1. The molecular formula is C24H24Cl2N2O3S. The van der Waals surface area contributed by atoms with Gasteiger partial charge in [-0.2, -0.15) is 0 Å². The summed E-state index contributed by atoms with van der Waals surface area (Å²) < 4.78 is 12.2. The van der Waals surface area contributed by atoms with Crippen LogP contribution in [0.5, 0.6) is 11.5 Å². The Morgan fingerprint density at radius 1 is 1.12 bits per heavy atom. The fourth-order valence-electron chi connectivity index (χ4n) is 4.76. The molecule has 1 saturated carbocycles. The Morgan fingerprint density at radius 2 is 1.88 bits per heavy atom. The monoisotopic (exact) mass is 490 g/mol. The summed E-state index contributed by atoms with van der Waals surface area (Å²) >= 11 is 18.7. The predicted octanol–water partition coefficient (Wildman–Crippen LogP) is 5.57. The van der Waals surface area contributed by atoms with Crippen molar-refractivity contribution in [2.24, 2.45) is 5.92 Å². The third-order valence-electron chi connectivity index (χ3n) is 6.20. The van der Waals surface area contributed by atoms with Gasteiger partial charge in [0.2, 0.25) is 0 Å². The Kier molecular flexibility index (Phi) is 5.31. The van der Waals surface area contributed by atoms with E-state index < -0.39 is 5.72 Å². The molecule has 1 spiro atoms. The Balaban J connectivity index is 1.60. The summed E-state index contributed by atoms with van der Waals surface area (Å²) in [5.74, 6) is 0.560. The van der Waals surface area contributed by atoms with Gasteiger partial charge in [-0.1, -0.05) is 41.4 Å². The Morgan fingerprint density at radius 3 is 2.56 bits per heavy atom. The maximum absolute atomic E-state index is 12.3. The lowest BCUT2D eigenvalue weighted by Gasteiger charge is -2.50. The van der Waals surface area contributed by atoms with E-state index in [0.717, 1.165) is 24.0 Å². The first kappa shape index (κ1) is 21.8. The molecule has 32 heavy (non-hydrogen) atoms. The minimum atomic E-state index is -0.742.